The second kappa shape index (κ2) is 4.40. The van der Waals surface area contributed by atoms with E-state index >= 15 is 0 Å². The predicted molar refractivity (Wildman–Crippen MR) is 60.8 cm³/mol. The number of hydrogen-bond acceptors (Lipinski definition) is 6. The lowest BCUT2D eigenvalue weighted by Gasteiger charge is -2.21. The Hall–Kier alpha value is -0.750. The maximum absolute atomic E-state index is 5.38. The van der Waals surface area contributed by atoms with E-state index in [1.807, 2.05) is 11.8 Å². The second-order valence-corrected chi connectivity index (χ2v) is 5.64. The minimum absolute atomic E-state index is 0.292. The minimum Gasteiger partial charge on any atom is -0.407 e. The summed E-state index contributed by atoms with van der Waals surface area (Å²) in [6, 6.07) is 0.476. The lowest BCUT2D eigenvalue weighted by atomic mass is 10.1. The first kappa shape index (κ1) is 10.8. The maximum atomic E-state index is 5.38. The Morgan fingerprint density at radius 1 is 1.60 bits per heavy atom. The molecule has 1 saturated heterocycles. The van der Waals surface area contributed by atoms with E-state index in [1.54, 1.807) is 0 Å². The van der Waals surface area contributed by atoms with Crippen LogP contribution in [0.1, 0.15) is 25.7 Å². The zero-order chi connectivity index (χ0) is 10.7. The molecule has 1 unspecified atom stereocenters. The van der Waals surface area contributed by atoms with Crippen LogP contribution < -0.4 is 11.1 Å². The molecule has 0 aliphatic carbocycles. The Kier molecular flexibility index (Phi) is 3.16. The summed E-state index contributed by atoms with van der Waals surface area (Å²) in [7, 11) is 0. The van der Waals surface area contributed by atoms with Crippen molar-refractivity contribution in [1.82, 2.24) is 10.2 Å². The highest BCUT2D eigenvalue weighted by molar-refractivity contribution is 8.00. The van der Waals surface area contributed by atoms with Gasteiger partial charge in [-0.25, -0.2) is 0 Å². The average Bonchev–Trinajstić information content (AvgIpc) is 2.84. The van der Waals surface area contributed by atoms with Crippen LogP contribution in [0.3, 0.4) is 0 Å². The smallest absolute Gasteiger partial charge is 0.315 e. The molecule has 0 aromatic carbocycles. The van der Waals surface area contributed by atoms with Gasteiger partial charge in [-0.15, -0.1) is 5.10 Å². The third-order valence-corrected chi connectivity index (χ3v) is 4.09. The minimum atomic E-state index is 0.292. The van der Waals surface area contributed by atoms with Gasteiger partial charge in [0.25, 0.3) is 0 Å². The van der Waals surface area contributed by atoms with Crippen LogP contribution in [0.4, 0.5) is 6.01 Å². The normalized spacial score (nSPS) is 25.7. The van der Waals surface area contributed by atoms with Crippen molar-refractivity contribution < 1.29 is 4.42 Å². The summed E-state index contributed by atoms with van der Waals surface area (Å²) in [6.07, 6.45) is 2.53. The average molecular weight is 228 g/mol. The van der Waals surface area contributed by atoms with Gasteiger partial charge < -0.3 is 15.5 Å². The molecule has 1 fully saturated rings. The predicted octanol–water partition coefficient (Wildman–Crippen LogP) is 1.23. The van der Waals surface area contributed by atoms with E-state index in [0.717, 1.165) is 6.54 Å². The summed E-state index contributed by atoms with van der Waals surface area (Å²) >= 11 is 2.00. The van der Waals surface area contributed by atoms with E-state index in [1.165, 1.54) is 18.6 Å². The Labute approximate surface area is 93.2 Å². The van der Waals surface area contributed by atoms with Crippen molar-refractivity contribution in [3.8, 4) is 0 Å². The summed E-state index contributed by atoms with van der Waals surface area (Å²) in [5.74, 6) is 1.72. The van der Waals surface area contributed by atoms with Gasteiger partial charge >= 0.3 is 6.01 Å². The second-order valence-electron chi connectivity index (χ2n) is 3.96. The Morgan fingerprint density at radius 3 is 3.07 bits per heavy atom. The van der Waals surface area contributed by atoms with Gasteiger partial charge in [0, 0.05) is 11.3 Å². The molecular weight excluding hydrogens is 212 g/mol. The molecule has 0 saturated carbocycles. The number of aromatic nitrogens is 2. The fourth-order valence-electron chi connectivity index (χ4n) is 1.65. The monoisotopic (exact) mass is 228 g/mol. The van der Waals surface area contributed by atoms with Crippen LogP contribution in [0.2, 0.25) is 0 Å². The van der Waals surface area contributed by atoms with Crippen LogP contribution >= 0.6 is 11.8 Å². The molecule has 5 nitrogen and oxygen atoms in total. The molecule has 1 atom stereocenters. The first-order valence-corrected chi connectivity index (χ1v) is 6.11. The highest BCUT2D eigenvalue weighted by atomic mass is 32.2. The molecule has 1 aliphatic rings. The number of hydrogen-bond donors (Lipinski definition) is 2. The number of rotatable bonds is 4. The summed E-state index contributed by atoms with van der Waals surface area (Å²) in [5, 5.41) is 10.8. The molecule has 1 aromatic heterocycles. The molecule has 3 N–H and O–H groups in total. The van der Waals surface area contributed by atoms with Crippen LogP contribution in [0, 0.1) is 0 Å². The van der Waals surface area contributed by atoms with Gasteiger partial charge in [0.2, 0.25) is 5.89 Å². The van der Waals surface area contributed by atoms with Gasteiger partial charge in [-0.2, -0.15) is 11.8 Å². The topological polar surface area (TPSA) is 77.0 Å². The van der Waals surface area contributed by atoms with Crippen LogP contribution in [-0.2, 0) is 6.54 Å². The van der Waals surface area contributed by atoms with Crippen molar-refractivity contribution in [2.24, 2.45) is 5.73 Å². The van der Waals surface area contributed by atoms with E-state index in [9.17, 15) is 0 Å². The summed E-state index contributed by atoms with van der Waals surface area (Å²) in [6.45, 7) is 3.42. The van der Waals surface area contributed by atoms with E-state index in [4.69, 9.17) is 10.2 Å². The molecule has 0 amide bonds. The summed E-state index contributed by atoms with van der Waals surface area (Å²) in [5.41, 5.74) is 5.38. The standard InChI is InChI=1S/C9H16N4OS/c1-9(3-2-4-15-9)6-11-8-13-12-7(5-10)14-8/h2-6,10H2,1H3,(H,11,13). The Morgan fingerprint density at radius 2 is 2.47 bits per heavy atom. The van der Waals surface area contributed by atoms with Crippen molar-refractivity contribution in [1.29, 1.82) is 0 Å². The van der Waals surface area contributed by atoms with E-state index in [0.29, 0.717) is 23.2 Å². The van der Waals surface area contributed by atoms with Gasteiger partial charge in [0.1, 0.15) is 0 Å². The van der Waals surface area contributed by atoms with E-state index in [2.05, 4.69) is 22.4 Å². The zero-order valence-electron chi connectivity index (χ0n) is 8.82. The highest BCUT2D eigenvalue weighted by Gasteiger charge is 2.29. The molecular formula is C9H16N4OS. The van der Waals surface area contributed by atoms with Crippen molar-refractivity contribution >= 4 is 17.8 Å². The first-order chi connectivity index (χ1) is 7.22. The maximum Gasteiger partial charge on any atom is 0.315 e. The number of thioether (sulfide) groups is 1. The van der Waals surface area contributed by atoms with Crippen LogP contribution in [0.15, 0.2) is 4.42 Å². The van der Waals surface area contributed by atoms with E-state index in [-0.39, 0.29) is 0 Å². The number of anilines is 1. The number of nitrogens with two attached hydrogens (primary N) is 1. The lowest BCUT2D eigenvalue weighted by Crippen LogP contribution is -2.27. The summed E-state index contributed by atoms with van der Waals surface area (Å²) < 4.78 is 5.57. The van der Waals surface area contributed by atoms with Crippen molar-refractivity contribution in [2.45, 2.75) is 31.1 Å². The Balaban J connectivity index is 1.87. The highest BCUT2D eigenvalue weighted by Crippen LogP contribution is 2.37. The molecule has 0 bridgehead atoms. The van der Waals surface area contributed by atoms with Gasteiger partial charge in [-0.3, -0.25) is 0 Å². The zero-order valence-corrected chi connectivity index (χ0v) is 9.64. The molecule has 2 heterocycles. The third-order valence-electron chi connectivity index (χ3n) is 2.56. The van der Waals surface area contributed by atoms with Crippen LogP contribution in [0.5, 0.6) is 0 Å². The lowest BCUT2D eigenvalue weighted by molar-refractivity contribution is 0.502. The van der Waals surface area contributed by atoms with Gasteiger partial charge in [0.15, 0.2) is 0 Å². The van der Waals surface area contributed by atoms with E-state index < -0.39 is 0 Å². The van der Waals surface area contributed by atoms with Crippen molar-refractivity contribution in [2.75, 3.05) is 17.6 Å². The Bertz CT molecular complexity index is 322. The quantitative estimate of drug-likeness (QED) is 0.807. The summed E-state index contributed by atoms with van der Waals surface area (Å²) in [4.78, 5) is 0. The fraction of sp³-hybridized carbons (Fsp3) is 0.778. The molecule has 1 aromatic rings. The largest absolute Gasteiger partial charge is 0.407 e. The fourth-order valence-corrected chi connectivity index (χ4v) is 2.89. The first-order valence-electron chi connectivity index (χ1n) is 5.12. The molecule has 6 heteroatoms. The molecule has 0 radical (unpaired) electrons. The number of nitrogens with one attached hydrogen (secondary N) is 1. The molecule has 0 spiro atoms. The number of nitrogens with zero attached hydrogens (tertiary/aromatic N) is 2. The van der Waals surface area contributed by atoms with Crippen LogP contribution in [0.25, 0.3) is 0 Å². The van der Waals surface area contributed by atoms with Gasteiger partial charge in [0.05, 0.1) is 6.54 Å². The third kappa shape index (κ3) is 2.63. The molecule has 15 heavy (non-hydrogen) atoms. The van der Waals surface area contributed by atoms with Crippen LogP contribution in [-0.4, -0.2) is 27.2 Å². The molecule has 2 rings (SSSR count). The van der Waals surface area contributed by atoms with Crippen molar-refractivity contribution in [3.63, 3.8) is 0 Å². The molecule has 1 aliphatic heterocycles. The SMILES string of the molecule is CC1(CNc2nnc(CN)o2)CCCS1. The molecule has 84 valence electrons. The van der Waals surface area contributed by atoms with Gasteiger partial charge in [-0.1, -0.05) is 5.10 Å². The van der Waals surface area contributed by atoms with Gasteiger partial charge in [-0.05, 0) is 25.5 Å². The van der Waals surface area contributed by atoms with Crippen molar-refractivity contribution in [3.05, 3.63) is 5.89 Å².